The Labute approximate surface area is 624 Å². The molecule has 99 heavy (non-hydrogen) atoms. The van der Waals surface area contributed by atoms with Gasteiger partial charge in [-0.2, -0.15) is 23.1 Å². The quantitative estimate of drug-likeness (QED) is 0.0508. The zero-order valence-electron chi connectivity index (χ0n) is 52.3. The van der Waals surface area contributed by atoms with Crippen molar-refractivity contribution in [3.63, 3.8) is 0 Å². The van der Waals surface area contributed by atoms with Gasteiger partial charge in [-0.25, -0.2) is 23.7 Å². The number of halogens is 9. The summed E-state index contributed by atoms with van der Waals surface area (Å²) in [5, 5.41) is 25.6. The van der Waals surface area contributed by atoms with E-state index in [4.69, 9.17) is 79.6 Å². The van der Waals surface area contributed by atoms with E-state index < -0.39 is 0 Å². The fraction of sp³-hybridized carbons (Fsp3) is 0.231. The Bertz CT molecular complexity index is 4830. The number of benzene rings is 5. The molecule has 15 rings (SSSR count). The van der Waals surface area contributed by atoms with Crippen LogP contribution in [0.2, 0.25) is 10.0 Å². The molecule has 0 fully saturated rings. The molecule has 10 aromatic heterocycles. The van der Waals surface area contributed by atoms with Crippen molar-refractivity contribution in [2.24, 2.45) is 0 Å². The third kappa shape index (κ3) is 16.3. The Hall–Kier alpha value is -6.60. The molecule has 0 aliphatic rings. The van der Waals surface area contributed by atoms with Crippen molar-refractivity contribution >= 4 is 244 Å². The predicted molar refractivity (Wildman–Crippen MR) is 399 cm³/mol. The first-order valence-electron chi connectivity index (χ1n) is 28.9. The SMILES string of the molecule is COCOc1nc2onc(CBr)c2c2ccc(Cl)cc12.COCOc1nc2onc(CBr)c2c2ccc(F)cc12.COCOc1nc2snc(CBr)c2c2ccc(Cl)cc12.COCOc1nc2snc(CBr)c2c2ccc(F)cc12.COCOc1nc2snc(CBr)c2c2ccccc12. The number of hydrogen-bond acceptors (Lipinski definition) is 25. The number of alkyl halides is 5. The summed E-state index contributed by atoms with van der Waals surface area (Å²) in [5.41, 5.74) is 5.17. The Morgan fingerprint density at radius 2 is 0.646 bits per heavy atom. The lowest BCUT2D eigenvalue weighted by molar-refractivity contribution is 0.0489. The minimum atomic E-state index is -0.363. The maximum absolute atomic E-state index is 13.5. The monoisotopic (exact) mass is 1760 g/mol. The normalized spacial score (nSPS) is 11.3. The summed E-state index contributed by atoms with van der Waals surface area (Å²) in [6, 6.07) is 28.3. The Morgan fingerprint density at radius 1 is 0.354 bits per heavy atom. The van der Waals surface area contributed by atoms with Crippen LogP contribution < -0.4 is 23.7 Å². The highest BCUT2D eigenvalue weighted by Gasteiger charge is 2.22. The van der Waals surface area contributed by atoms with Crippen molar-refractivity contribution in [1.29, 1.82) is 0 Å². The third-order valence-electron chi connectivity index (χ3n) is 14.3. The van der Waals surface area contributed by atoms with Crippen LogP contribution in [-0.2, 0) is 50.3 Å². The summed E-state index contributed by atoms with van der Waals surface area (Å²) >= 11 is 33.3. The van der Waals surface area contributed by atoms with Gasteiger partial charge in [0.25, 0.3) is 11.4 Å². The number of pyridine rings is 5. The zero-order chi connectivity index (χ0) is 69.7. The van der Waals surface area contributed by atoms with Crippen LogP contribution in [-0.4, -0.2) is 118 Å². The molecule has 0 N–H and O–H groups in total. The van der Waals surface area contributed by atoms with Crippen molar-refractivity contribution < 1.29 is 65.2 Å². The average molecular weight is 1770 g/mol. The van der Waals surface area contributed by atoms with E-state index in [-0.39, 0.29) is 51.5 Å². The van der Waals surface area contributed by atoms with Crippen molar-refractivity contribution in [2.75, 3.05) is 69.5 Å². The first kappa shape index (κ1) is 73.6. The number of aromatic nitrogens is 10. The Balaban J connectivity index is 0.000000125. The summed E-state index contributed by atoms with van der Waals surface area (Å²) in [7, 11) is 7.74. The molecule has 0 amide bonds. The van der Waals surface area contributed by atoms with Gasteiger partial charge in [-0.3, -0.25) is 0 Å². The van der Waals surface area contributed by atoms with E-state index in [2.05, 4.69) is 134 Å². The van der Waals surface area contributed by atoms with E-state index in [0.29, 0.717) is 82.8 Å². The van der Waals surface area contributed by atoms with Gasteiger partial charge in [0.2, 0.25) is 29.4 Å². The molecule has 0 unspecified atom stereocenters. The molecule has 34 heteroatoms. The van der Waals surface area contributed by atoms with Crippen LogP contribution in [0.4, 0.5) is 8.78 Å². The van der Waals surface area contributed by atoms with Gasteiger partial charge in [-0.05, 0) is 105 Å². The van der Waals surface area contributed by atoms with Gasteiger partial charge in [0.1, 0.15) is 37.5 Å². The number of hydrogen-bond donors (Lipinski definition) is 0. The van der Waals surface area contributed by atoms with Crippen LogP contribution in [0.25, 0.3) is 107 Å². The van der Waals surface area contributed by atoms with Crippen LogP contribution in [0.1, 0.15) is 28.5 Å². The van der Waals surface area contributed by atoms with Gasteiger partial charge in [0.05, 0.1) is 27.9 Å². The lowest BCUT2D eigenvalue weighted by Crippen LogP contribution is -2.01. The number of rotatable bonds is 20. The minimum Gasteiger partial charge on any atom is -0.450 e. The predicted octanol–water partition coefficient (Wildman–Crippen LogP) is 19.3. The van der Waals surface area contributed by atoms with Crippen LogP contribution in [0, 0.1) is 11.6 Å². The highest BCUT2D eigenvalue weighted by molar-refractivity contribution is 9.09. The first-order chi connectivity index (χ1) is 48.3. The van der Waals surface area contributed by atoms with E-state index in [1.807, 2.05) is 48.5 Å². The smallest absolute Gasteiger partial charge is 0.261 e. The fourth-order valence-electron chi connectivity index (χ4n) is 10.2. The third-order valence-corrected chi connectivity index (χ3v) is 19.8. The van der Waals surface area contributed by atoms with Gasteiger partial charge in [0, 0.05) is 126 Å². The molecule has 15 aromatic rings. The van der Waals surface area contributed by atoms with E-state index in [9.17, 15) is 8.78 Å². The molecular weight excluding hydrogens is 1720 g/mol. The number of fused-ring (bicyclic) bond motifs is 15. The number of nitrogens with zero attached hydrogens (tertiary/aromatic N) is 10. The van der Waals surface area contributed by atoms with Crippen LogP contribution in [0.3, 0.4) is 0 Å². The van der Waals surface area contributed by atoms with Crippen molar-refractivity contribution in [3.05, 3.63) is 147 Å². The second-order valence-corrected chi connectivity index (χ2v) is 26.3. The van der Waals surface area contributed by atoms with Crippen molar-refractivity contribution in [2.45, 2.75) is 26.7 Å². The van der Waals surface area contributed by atoms with Gasteiger partial charge in [-0.1, -0.05) is 156 Å². The van der Waals surface area contributed by atoms with E-state index in [1.54, 1.807) is 39.5 Å². The summed E-state index contributed by atoms with van der Waals surface area (Å²) in [6.45, 7) is 0.508. The molecule has 0 spiro atoms. The van der Waals surface area contributed by atoms with Crippen LogP contribution >= 0.6 is 137 Å². The molecule has 0 saturated heterocycles. The maximum Gasteiger partial charge on any atom is 0.261 e. The molecule has 10 heterocycles. The molecule has 0 bridgehead atoms. The van der Waals surface area contributed by atoms with Gasteiger partial charge >= 0.3 is 0 Å². The molecule has 0 saturated carbocycles. The second kappa shape index (κ2) is 34.8. The summed E-state index contributed by atoms with van der Waals surface area (Å²) < 4.78 is 103. The maximum atomic E-state index is 13.5. The second-order valence-electron chi connectivity index (χ2n) is 20.4. The molecule has 0 radical (unpaired) electrons. The van der Waals surface area contributed by atoms with Crippen molar-refractivity contribution in [3.8, 4) is 29.4 Å². The van der Waals surface area contributed by atoms with Gasteiger partial charge in [-0.15, -0.1) is 0 Å². The largest absolute Gasteiger partial charge is 0.450 e. The Morgan fingerprint density at radius 3 is 0.990 bits per heavy atom. The topological polar surface area (TPSA) is 247 Å². The number of ether oxygens (including phenoxy) is 10. The molecule has 0 atom stereocenters. The fourth-order valence-corrected chi connectivity index (χ4v) is 15.4. The zero-order valence-corrected chi connectivity index (χ0v) is 64.2. The van der Waals surface area contributed by atoms with Gasteiger partial charge < -0.3 is 56.4 Å². The van der Waals surface area contributed by atoms with Gasteiger partial charge in [0.15, 0.2) is 34.0 Å². The van der Waals surface area contributed by atoms with E-state index >= 15 is 0 Å². The van der Waals surface area contributed by atoms with E-state index in [1.165, 1.54) is 73.1 Å². The molecule has 514 valence electrons. The molecule has 22 nitrogen and oxygen atoms in total. The van der Waals surface area contributed by atoms with Crippen LogP contribution in [0.15, 0.2) is 106 Å². The summed E-state index contributed by atoms with van der Waals surface area (Å²) in [5.74, 6) is 1.44. The lowest BCUT2D eigenvalue weighted by atomic mass is 10.1. The minimum absolute atomic E-state index is 0.0174. The number of methoxy groups -OCH3 is 5. The average Bonchev–Trinajstić information content (AvgIpc) is 1.80. The summed E-state index contributed by atoms with van der Waals surface area (Å²) in [6.07, 6.45) is 0. The highest BCUT2D eigenvalue weighted by Crippen LogP contribution is 2.41. The molecule has 0 aliphatic carbocycles. The molecule has 0 aliphatic heterocycles. The van der Waals surface area contributed by atoms with E-state index in [0.717, 1.165) is 113 Å². The molecular formula is C65H51Br5Cl2F2N10O12S3. The van der Waals surface area contributed by atoms with Crippen LogP contribution in [0.5, 0.6) is 29.4 Å². The highest BCUT2D eigenvalue weighted by atomic mass is 79.9. The first-order valence-corrected chi connectivity index (χ1v) is 37.6. The standard InChI is InChI=1S/C13H10BrClN2O3.C13H10BrClN2O2S.C13H10BrFN2O3.C13H10BrFN2O2S.C13H11BrN2O2S/c4*1-18-6-19-12-9-4-7(15)2-3-8(9)11-10(5-14)17-20-13(11)16-12;1-17-7-18-12-9-5-3-2-4-8(9)11-10(6-14)16-19-13(11)15-12/h4*2-4H,5-6H2,1H3;2-5H,6-7H2,1H3. The Kier molecular flexibility index (Phi) is 25.9. The van der Waals surface area contributed by atoms with Crippen molar-refractivity contribution in [1.82, 2.24) is 48.4 Å². The lowest BCUT2D eigenvalue weighted by Gasteiger charge is -2.09. The summed E-state index contributed by atoms with van der Waals surface area (Å²) in [4.78, 5) is 24.6. The molecule has 5 aromatic carbocycles.